The quantitative estimate of drug-likeness (QED) is 0.729. The van der Waals surface area contributed by atoms with Crippen LogP contribution in [-0.4, -0.2) is 13.1 Å². The molecule has 0 aliphatic heterocycles. The number of hydrogen-bond acceptors (Lipinski definition) is 2. The first kappa shape index (κ1) is 12.2. The third-order valence-electron chi connectivity index (χ3n) is 4.04. The van der Waals surface area contributed by atoms with Gasteiger partial charge in [-0.05, 0) is 36.0 Å². The van der Waals surface area contributed by atoms with Crippen LogP contribution in [-0.2, 0) is 10.2 Å². The summed E-state index contributed by atoms with van der Waals surface area (Å²) in [6.07, 6.45) is 2.49. The molecule has 2 heteroatoms. The molecule has 0 radical (unpaired) electrons. The molecule has 0 bridgehead atoms. The van der Waals surface area contributed by atoms with E-state index in [1.165, 1.54) is 25.5 Å². The smallest absolute Gasteiger partial charge is 0.337 e. The number of carbonyl (C=O) groups is 1. The average molecular weight is 232 g/mol. The van der Waals surface area contributed by atoms with Crippen molar-refractivity contribution in [1.29, 1.82) is 0 Å². The molecule has 1 aliphatic carbocycles. The molecule has 1 saturated carbocycles. The van der Waals surface area contributed by atoms with Gasteiger partial charge in [0.1, 0.15) is 0 Å². The maximum atomic E-state index is 11.4. The molecular formula is C15H20O2. The van der Waals surface area contributed by atoms with Gasteiger partial charge >= 0.3 is 5.97 Å². The van der Waals surface area contributed by atoms with Crippen molar-refractivity contribution in [3.8, 4) is 0 Å². The zero-order valence-electron chi connectivity index (χ0n) is 11.0. The van der Waals surface area contributed by atoms with Gasteiger partial charge in [-0.3, -0.25) is 0 Å². The van der Waals surface area contributed by atoms with E-state index in [1.54, 1.807) is 0 Å². The standard InChI is InChI=1S/C15H20O2/c1-14(2,3)15(9-10-15)12-7-5-11(6-8-12)13(16)17-4/h5-8H,9-10H2,1-4H3. The molecule has 17 heavy (non-hydrogen) atoms. The Bertz CT molecular complexity index is 419. The minimum Gasteiger partial charge on any atom is -0.465 e. The van der Waals surface area contributed by atoms with Crippen molar-refractivity contribution in [2.75, 3.05) is 7.11 Å². The molecule has 0 saturated heterocycles. The second kappa shape index (κ2) is 3.86. The number of hydrogen-bond donors (Lipinski definition) is 0. The maximum Gasteiger partial charge on any atom is 0.337 e. The van der Waals surface area contributed by atoms with Crippen LogP contribution in [0.2, 0.25) is 0 Å². The monoisotopic (exact) mass is 232 g/mol. The summed E-state index contributed by atoms with van der Waals surface area (Å²) in [5, 5.41) is 0. The van der Waals surface area contributed by atoms with Gasteiger partial charge in [0, 0.05) is 5.41 Å². The number of rotatable bonds is 2. The van der Waals surface area contributed by atoms with Gasteiger partial charge in [0.25, 0.3) is 0 Å². The van der Waals surface area contributed by atoms with E-state index in [4.69, 9.17) is 4.74 Å². The Labute approximate surface area is 103 Å². The third kappa shape index (κ3) is 1.97. The predicted molar refractivity (Wildman–Crippen MR) is 68.1 cm³/mol. The summed E-state index contributed by atoms with van der Waals surface area (Å²) in [4.78, 5) is 11.4. The van der Waals surface area contributed by atoms with Crippen molar-refractivity contribution in [1.82, 2.24) is 0 Å². The fourth-order valence-electron chi connectivity index (χ4n) is 2.64. The third-order valence-corrected chi connectivity index (χ3v) is 4.04. The Kier molecular flexibility index (Phi) is 2.76. The number of methoxy groups -OCH3 is 1. The molecule has 1 aliphatic rings. The van der Waals surface area contributed by atoms with Gasteiger partial charge in [0.15, 0.2) is 0 Å². The molecule has 0 atom stereocenters. The zero-order chi connectivity index (χ0) is 12.7. The van der Waals surface area contributed by atoms with E-state index in [1.807, 2.05) is 12.1 Å². The molecule has 1 aromatic carbocycles. The van der Waals surface area contributed by atoms with Gasteiger partial charge in [-0.15, -0.1) is 0 Å². The first-order valence-electron chi connectivity index (χ1n) is 6.09. The number of esters is 1. The highest BCUT2D eigenvalue weighted by Gasteiger charge is 2.52. The molecule has 0 aromatic heterocycles. The Morgan fingerprint density at radius 3 is 2.06 bits per heavy atom. The van der Waals surface area contributed by atoms with Crippen molar-refractivity contribution in [3.05, 3.63) is 35.4 Å². The van der Waals surface area contributed by atoms with E-state index in [2.05, 4.69) is 32.9 Å². The number of ether oxygens (including phenoxy) is 1. The van der Waals surface area contributed by atoms with E-state index in [-0.39, 0.29) is 11.4 Å². The molecule has 0 N–H and O–H groups in total. The minimum absolute atomic E-state index is 0.267. The summed E-state index contributed by atoms with van der Waals surface area (Å²) in [7, 11) is 1.41. The first-order valence-corrected chi connectivity index (χ1v) is 6.09. The van der Waals surface area contributed by atoms with Crippen LogP contribution in [0.1, 0.15) is 49.5 Å². The lowest BCUT2D eigenvalue weighted by Crippen LogP contribution is -2.26. The van der Waals surface area contributed by atoms with E-state index in [0.717, 1.165) is 0 Å². The molecule has 0 amide bonds. The molecule has 2 nitrogen and oxygen atoms in total. The average Bonchev–Trinajstić information content (AvgIpc) is 3.08. The molecule has 92 valence electrons. The lowest BCUT2D eigenvalue weighted by Gasteiger charge is -2.31. The lowest BCUT2D eigenvalue weighted by atomic mass is 9.73. The van der Waals surface area contributed by atoms with Crippen molar-refractivity contribution < 1.29 is 9.53 Å². The molecule has 1 aromatic rings. The van der Waals surface area contributed by atoms with Crippen LogP contribution in [0.3, 0.4) is 0 Å². The molecule has 0 spiro atoms. The van der Waals surface area contributed by atoms with Crippen molar-refractivity contribution in [3.63, 3.8) is 0 Å². The van der Waals surface area contributed by atoms with Gasteiger partial charge in [0.05, 0.1) is 12.7 Å². The SMILES string of the molecule is COC(=O)c1ccc(C2(C(C)(C)C)CC2)cc1. The summed E-state index contributed by atoms with van der Waals surface area (Å²) >= 11 is 0. The number of benzene rings is 1. The Morgan fingerprint density at radius 1 is 1.18 bits per heavy atom. The normalized spacial score (nSPS) is 17.6. The highest BCUT2D eigenvalue weighted by Crippen LogP contribution is 2.59. The van der Waals surface area contributed by atoms with Crippen LogP contribution in [0.5, 0.6) is 0 Å². The molecule has 0 unspecified atom stereocenters. The number of carbonyl (C=O) groups excluding carboxylic acids is 1. The Morgan fingerprint density at radius 2 is 1.71 bits per heavy atom. The van der Waals surface area contributed by atoms with Crippen molar-refractivity contribution in [2.45, 2.75) is 39.0 Å². The summed E-state index contributed by atoms with van der Waals surface area (Å²) < 4.78 is 4.71. The van der Waals surface area contributed by atoms with Crippen LogP contribution in [0.25, 0.3) is 0 Å². The van der Waals surface area contributed by atoms with E-state index >= 15 is 0 Å². The van der Waals surface area contributed by atoms with Gasteiger partial charge in [-0.1, -0.05) is 32.9 Å². The highest BCUT2D eigenvalue weighted by molar-refractivity contribution is 5.89. The Hall–Kier alpha value is -1.31. The van der Waals surface area contributed by atoms with Crippen molar-refractivity contribution in [2.24, 2.45) is 5.41 Å². The summed E-state index contributed by atoms with van der Waals surface area (Å²) in [5.41, 5.74) is 2.56. The van der Waals surface area contributed by atoms with Gasteiger partial charge in [-0.2, -0.15) is 0 Å². The van der Waals surface area contributed by atoms with Gasteiger partial charge in [-0.25, -0.2) is 4.79 Å². The summed E-state index contributed by atoms with van der Waals surface area (Å²) in [6.45, 7) is 6.86. The van der Waals surface area contributed by atoms with E-state index < -0.39 is 0 Å². The second-order valence-electron chi connectivity index (χ2n) is 5.90. The maximum absolute atomic E-state index is 11.4. The highest BCUT2D eigenvalue weighted by atomic mass is 16.5. The Balaban J connectivity index is 2.28. The second-order valence-corrected chi connectivity index (χ2v) is 5.90. The largest absolute Gasteiger partial charge is 0.465 e. The van der Waals surface area contributed by atoms with Crippen LogP contribution in [0.4, 0.5) is 0 Å². The molecule has 2 rings (SSSR count). The summed E-state index contributed by atoms with van der Waals surface area (Å²) in [6, 6.07) is 7.88. The first-order chi connectivity index (χ1) is 7.90. The molecular weight excluding hydrogens is 212 g/mol. The van der Waals surface area contributed by atoms with Crippen LogP contribution >= 0.6 is 0 Å². The lowest BCUT2D eigenvalue weighted by molar-refractivity contribution is 0.0600. The van der Waals surface area contributed by atoms with Crippen LogP contribution < -0.4 is 0 Å². The molecule has 0 heterocycles. The van der Waals surface area contributed by atoms with Crippen LogP contribution in [0, 0.1) is 5.41 Å². The van der Waals surface area contributed by atoms with Gasteiger partial charge < -0.3 is 4.74 Å². The summed E-state index contributed by atoms with van der Waals surface area (Å²) in [5.74, 6) is -0.267. The zero-order valence-corrected chi connectivity index (χ0v) is 11.0. The van der Waals surface area contributed by atoms with Crippen molar-refractivity contribution >= 4 is 5.97 Å². The van der Waals surface area contributed by atoms with Gasteiger partial charge in [0.2, 0.25) is 0 Å². The van der Waals surface area contributed by atoms with E-state index in [0.29, 0.717) is 11.0 Å². The minimum atomic E-state index is -0.267. The fourth-order valence-corrected chi connectivity index (χ4v) is 2.64. The topological polar surface area (TPSA) is 26.3 Å². The predicted octanol–water partition coefficient (Wildman–Crippen LogP) is 3.55. The van der Waals surface area contributed by atoms with Crippen LogP contribution in [0.15, 0.2) is 24.3 Å². The molecule has 1 fully saturated rings. The fraction of sp³-hybridized carbons (Fsp3) is 0.533. The van der Waals surface area contributed by atoms with E-state index in [9.17, 15) is 4.79 Å².